The number of hydrogen-bond acceptors (Lipinski definition) is 5. The molecule has 1 fully saturated rings. The summed E-state index contributed by atoms with van der Waals surface area (Å²) in [7, 11) is 0. The van der Waals surface area contributed by atoms with Crippen molar-refractivity contribution in [1.29, 1.82) is 0 Å². The van der Waals surface area contributed by atoms with Crippen LogP contribution in [0.1, 0.15) is 67.8 Å². The van der Waals surface area contributed by atoms with Gasteiger partial charge in [0.25, 0.3) is 5.91 Å². The third kappa shape index (κ3) is 5.56. The van der Waals surface area contributed by atoms with Gasteiger partial charge in [0.05, 0.1) is 23.3 Å². The molecule has 0 spiro atoms. The lowest BCUT2D eigenvalue weighted by Crippen LogP contribution is -2.49. The maximum Gasteiger partial charge on any atom is 0.270 e. The van der Waals surface area contributed by atoms with E-state index in [0.717, 1.165) is 54.7 Å². The number of pyridine rings is 1. The molecule has 3 aromatic rings. The SMILES string of the molecule is CC1=CC(Cn2nccc2C(=O)N[C@H](C(=O)Nc2ccc(-c3c(C)n[nH]c3C)nc2)C2CCC(C)CC2)C1. The highest BCUT2D eigenvalue weighted by Crippen LogP contribution is 2.32. The summed E-state index contributed by atoms with van der Waals surface area (Å²) in [6.07, 6.45) is 10.5. The molecular weight excluding hydrogens is 478 g/mol. The zero-order valence-corrected chi connectivity index (χ0v) is 22.6. The average molecular weight is 516 g/mol. The molecule has 2 aliphatic carbocycles. The predicted molar refractivity (Wildman–Crippen MR) is 146 cm³/mol. The van der Waals surface area contributed by atoms with Gasteiger partial charge in [-0.25, -0.2) is 0 Å². The van der Waals surface area contributed by atoms with Crippen LogP contribution < -0.4 is 10.6 Å². The van der Waals surface area contributed by atoms with E-state index in [1.54, 1.807) is 23.1 Å². The second-order valence-electron chi connectivity index (χ2n) is 11.1. The minimum absolute atomic E-state index is 0.0761. The Morgan fingerprint density at radius 2 is 1.89 bits per heavy atom. The van der Waals surface area contributed by atoms with E-state index >= 15 is 0 Å². The molecule has 0 saturated heterocycles. The normalized spacial score (nSPS) is 21.8. The lowest BCUT2D eigenvalue weighted by atomic mass is 9.79. The summed E-state index contributed by atoms with van der Waals surface area (Å²) in [6.45, 7) is 8.92. The highest BCUT2D eigenvalue weighted by molar-refractivity contribution is 6.00. The summed E-state index contributed by atoms with van der Waals surface area (Å²) >= 11 is 0. The third-order valence-corrected chi connectivity index (χ3v) is 7.98. The van der Waals surface area contributed by atoms with Crippen LogP contribution in [0.25, 0.3) is 11.3 Å². The third-order valence-electron chi connectivity index (χ3n) is 7.98. The summed E-state index contributed by atoms with van der Waals surface area (Å²) in [6, 6.07) is 4.82. The molecule has 2 aliphatic rings. The van der Waals surface area contributed by atoms with Gasteiger partial charge < -0.3 is 10.6 Å². The molecule has 9 heteroatoms. The van der Waals surface area contributed by atoms with E-state index in [0.29, 0.717) is 29.8 Å². The lowest BCUT2D eigenvalue weighted by molar-refractivity contribution is -0.119. The van der Waals surface area contributed by atoms with Crippen LogP contribution >= 0.6 is 0 Å². The fourth-order valence-corrected chi connectivity index (χ4v) is 5.79. The quantitative estimate of drug-likeness (QED) is 0.372. The van der Waals surface area contributed by atoms with Gasteiger partial charge in [0.15, 0.2) is 0 Å². The second kappa shape index (κ2) is 10.9. The average Bonchev–Trinajstić information content (AvgIpc) is 3.48. The fraction of sp³-hybridized carbons (Fsp3) is 0.483. The maximum atomic E-state index is 13.6. The summed E-state index contributed by atoms with van der Waals surface area (Å²) in [5.41, 5.74) is 6.04. The second-order valence-corrected chi connectivity index (χ2v) is 11.1. The molecule has 1 unspecified atom stereocenters. The van der Waals surface area contributed by atoms with Crippen LogP contribution in [-0.4, -0.2) is 42.8 Å². The largest absolute Gasteiger partial charge is 0.339 e. The summed E-state index contributed by atoms with van der Waals surface area (Å²) in [5.74, 6) is 0.628. The van der Waals surface area contributed by atoms with Crippen molar-refractivity contribution in [3.63, 3.8) is 0 Å². The monoisotopic (exact) mass is 515 g/mol. The summed E-state index contributed by atoms with van der Waals surface area (Å²) in [5, 5.41) is 17.7. The summed E-state index contributed by atoms with van der Waals surface area (Å²) in [4.78, 5) is 31.5. The van der Waals surface area contributed by atoms with Crippen molar-refractivity contribution in [3.8, 4) is 11.3 Å². The first-order valence-electron chi connectivity index (χ1n) is 13.6. The number of H-pyrrole nitrogens is 1. The van der Waals surface area contributed by atoms with Crippen molar-refractivity contribution in [1.82, 2.24) is 30.3 Å². The van der Waals surface area contributed by atoms with Crippen LogP contribution in [0, 0.1) is 31.6 Å². The first kappa shape index (κ1) is 25.9. The zero-order valence-electron chi connectivity index (χ0n) is 22.6. The highest BCUT2D eigenvalue weighted by Gasteiger charge is 2.33. The molecule has 3 aromatic heterocycles. The molecule has 200 valence electrons. The van der Waals surface area contributed by atoms with Crippen molar-refractivity contribution in [2.75, 3.05) is 5.32 Å². The number of nitrogens with one attached hydrogen (secondary N) is 3. The number of carbonyl (C=O) groups is 2. The number of aromatic nitrogens is 5. The Bertz CT molecular complexity index is 1310. The number of allylic oxidation sites excluding steroid dienone is 2. The Morgan fingerprint density at radius 1 is 1.13 bits per heavy atom. The van der Waals surface area contributed by atoms with Crippen molar-refractivity contribution in [2.45, 2.75) is 72.4 Å². The Morgan fingerprint density at radius 3 is 2.53 bits per heavy atom. The van der Waals surface area contributed by atoms with Gasteiger partial charge in [-0.2, -0.15) is 10.2 Å². The molecule has 5 rings (SSSR count). The minimum Gasteiger partial charge on any atom is -0.339 e. The van der Waals surface area contributed by atoms with E-state index in [1.807, 2.05) is 26.0 Å². The van der Waals surface area contributed by atoms with E-state index in [1.165, 1.54) is 5.57 Å². The predicted octanol–water partition coefficient (Wildman–Crippen LogP) is 4.81. The van der Waals surface area contributed by atoms with E-state index in [9.17, 15) is 9.59 Å². The van der Waals surface area contributed by atoms with Gasteiger partial charge in [0.1, 0.15) is 11.7 Å². The minimum atomic E-state index is -0.637. The number of aryl methyl sites for hydroxylation is 2. The first-order valence-corrected chi connectivity index (χ1v) is 13.6. The van der Waals surface area contributed by atoms with Gasteiger partial charge in [-0.3, -0.25) is 24.4 Å². The van der Waals surface area contributed by atoms with Crippen molar-refractivity contribution < 1.29 is 9.59 Å². The maximum absolute atomic E-state index is 13.6. The molecule has 1 saturated carbocycles. The molecular formula is C29H37N7O2. The van der Waals surface area contributed by atoms with Gasteiger partial charge in [0, 0.05) is 29.9 Å². The molecule has 38 heavy (non-hydrogen) atoms. The molecule has 0 bridgehead atoms. The summed E-state index contributed by atoms with van der Waals surface area (Å²) < 4.78 is 1.75. The first-order chi connectivity index (χ1) is 18.3. The van der Waals surface area contributed by atoms with Crippen LogP contribution in [0.2, 0.25) is 0 Å². The van der Waals surface area contributed by atoms with Crippen LogP contribution in [0.4, 0.5) is 5.69 Å². The van der Waals surface area contributed by atoms with Crippen LogP contribution in [0.15, 0.2) is 42.2 Å². The number of amides is 2. The Kier molecular flexibility index (Phi) is 7.44. The fourth-order valence-electron chi connectivity index (χ4n) is 5.79. The van der Waals surface area contributed by atoms with Crippen LogP contribution in [0.5, 0.6) is 0 Å². The molecule has 0 radical (unpaired) electrons. The molecule has 0 aliphatic heterocycles. The number of hydrogen-bond donors (Lipinski definition) is 3. The lowest BCUT2D eigenvalue weighted by Gasteiger charge is -2.32. The number of aromatic amines is 1. The van der Waals surface area contributed by atoms with Crippen molar-refractivity contribution in [2.24, 2.45) is 17.8 Å². The van der Waals surface area contributed by atoms with Gasteiger partial charge >= 0.3 is 0 Å². The Balaban J connectivity index is 1.31. The van der Waals surface area contributed by atoms with Crippen LogP contribution in [-0.2, 0) is 11.3 Å². The molecule has 0 aromatic carbocycles. The Hall–Kier alpha value is -3.75. The smallest absolute Gasteiger partial charge is 0.270 e. The van der Waals surface area contributed by atoms with Gasteiger partial charge in [-0.15, -0.1) is 0 Å². The highest BCUT2D eigenvalue weighted by atomic mass is 16.2. The van der Waals surface area contributed by atoms with Gasteiger partial charge in [-0.05, 0) is 70.1 Å². The molecule has 2 amide bonds. The van der Waals surface area contributed by atoms with E-state index in [4.69, 9.17) is 0 Å². The van der Waals surface area contributed by atoms with E-state index < -0.39 is 6.04 Å². The van der Waals surface area contributed by atoms with Crippen molar-refractivity contribution in [3.05, 3.63) is 59.3 Å². The van der Waals surface area contributed by atoms with Gasteiger partial charge in [-0.1, -0.05) is 31.4 Å². The number of carbonyl (C=O) groups excluding carboxylic acids is 2. The molecule has 3 heterocycles. The molecule has 2 atom stereocenters. The number of nitrogens with zero attached hydrogens (tertiary/aromatic N) is 4. The number of anilines is 1. The number of rotatable bonds is 8. The molecule has 9 nitrogen and oxygen atoms in total. The van der Waals surface area contributed by atoms with E-state index in [2.05, 4.69) is 50.8 Å². The van der Waals surface area contributed by atoms with E-state index in [-0.39, 0.29) is 17.7 Å². The van der Waals surface area contributed by atoms with Gasteiger partial charge in [0.2, 0.25) is 5.91 Å². The zero-order chi connectivity index (χ0) is 26.8. The Labute approximate surface area is 223 Å². The standard InChI is InChI=1S/C29H37N7O2/c1-17-5-7-22(8-6-17)27(33-28(37)25-11-12-31-36(25)16-21-13-18(2)14-21)29(38)32-23-9-10-24(30-15-23)26-19(3)34-35-20(26)4/h9-13,15,17,21-22,27H,5-8,14,16H2,1-4H3,(H,32,38)(H,33,37)(H,34,35)/t17?,21?,22?,27-/m0/s1. The molecule has 3 N–H and O–H groups in total. The van der Waals surface area contributed by atoms with Crippen LogP contribution in [0.3, 0.4) is 0 Å². The van der Waals surface area contributed by atoms with Crippen molar-refractivity contribution >= 4 is 17.5 Å². The topological polar surface area (TPSA) is 118 Å².